The van der Waals surface area contributed by atoms with Crippen LogP contribution >= 0.6 is 0 Å². The molecule has 0 spiro atoms. The van der Waals surface area contributed by atoms with Gasteiger partial charge in [-0.3, -0.25) is 0 Å². The maximum atomic E-state index is 9.15. The van der Waals surface area contributed by atoms with Gasteiger partial charge in [0, 0.05) is 7.11 Å². The number of aliphatic hydroxyl groups is 3. The van der Waals surface area contributed by atoms with E-state index >= 15 is 0 Å². The van der Waals surface area contributed by atoms with E-state index in [0.29, 0.717) is 0 Å². The van der Waals surface area contributed by atoms with Crippen molar-refractivity contribution in [3.05, 3.63) is 0 Å². The minimum absolute atomic E-state index is 0.321. The third-order valence-electron chi connectivity index (χ3n) is 1.73. The zero-order chi connectivity index (χ0) is 8.43. The highest BCUT2D eigenvalue weighted by Gasteiger charge is 2.42. The zero-order valence-corrected chi connectivity index (χ0v) is 6.17. The molecule has 5 heteroatoms. The lowest BCUT2D eigenvalue weighted by molar-refractivity contribution is -0.153. The van der Waals surface area contributed by atoms with Gasteiger partial charge in [0.1, 0.15) is 18.3 Å². The molecule has 5 nitrogen and oxygen atoms in total. The molecular weight excluding hydrogens is 152 g/mol. The second kappa shape index (κ2) is 3.46. The summed E-state index contributed by atoms with van der Waals surface area (Å²) in [4.78, 5) is 0. The Labute approximate surface area is 64.2 Å². The quantitative estimate of drug-likeness (QED) is 0.443. The monoisotopic (exact) mass is 164 g/mol. The van der Waals surface area contributed by atoms with Gasteiger partial charge in [-0.25, -0.2) is 0 Å². The summed E-state index contributed by atoms with van der Waals surface area (Å²) in [6, 6.07) is 0. The Hall–Kier alpha value is -0.200. The molecule has 1 fully saturated rings. The molecule has 1 unspecified atom stereocenters. The first-order chi connectivity index (χ1) is 5.20. The highest BCUT2D eigenvalue weighted by Crippen LogP contribution is 2.20. The fourth-order valence-corrected chi connectivity index (χ4v) is 1.06. The SMILES string of the molecule is CO[C@@H]1O[C@H](CO)[C@@H](O)C1O. The molecule has 66 valence electrons. The Morgan fingerprint density at radius 1 is 1.36 bits per heavy atom. The lowest BCUT2D eigenvalue weighted by Gasteiger charge is -2.11. The fourth-order valence-electron chi connectivity index (χ4n) is 1.06. The van der Waals surface area contributed by atoms with Crippen LogP contribution in [0.3, 0.4) is 0 Å². The Morgan fingerprint density at radius 2 is 2.00 bits per heavy atom. The van der Waals surface area contributed by atoms with E-state index in [2.05, 4.69) is 4.74 Å². The van der Waals surface area contributed by atoms with Crippen molar-refractivity contribution >= 4 is 0 Å². The summed E-state index contributed by atoms with van der Waals surface area (Å²) in [6.45, 7) is -0.321. The first-order valence-electron chi connectivity index (χ1n) is 3.36. The summed E-state index contributed by atoms with van der Waals surface area (Å²) in [7, 11) is 1.36. The summed E-state index contributed by atoms with van der Waals surface area (Å²) in [6.07, 6.45) is -3.71. The number of rotatable bonds is 2. The van der Waals surface area contributed by atoms with Crippen LogP contribution in [0, 0.1) is 0 Å². The second-order valence-corrected chi connectivity index (χ2v) is 2.44. The molecule has 3 N–H and O–H groups in total. The zero-order valence-electron chi connectivity index (χ0n) is 6.17. The van der Waals surface area contributed by atoms with Crippen LogP contribution in [0.2, 0.25) is 0 Å². The smallest absolute Gasteiger partial charge is 0.186 e. The summed E-state index contributed by atoms with van der Waals surface area (Å²) in [5.41, 5.74) is 0. The van der Waals surface area contributed by atoms with Crippen LogP contribution in [0.25, 0.3) is 0 Å². The average molecular weight is 164 g/mol. The highest BCUT2D eigenvalue weighted by atomic mass is 16.7. The topological polar surface area (TPSA) is 79.2 Å². The predicted octanol–water partition coefficient (Wildman–Crippen LogP) is -1.93. The summed E-state index contributed by atoms with van der Waals surface area (Å²) in [5, 5.41) is 26.9. The third kappa shape index (κ3) is 1.52. The molecule has 0 aliphatic carbocycles. The molecule has 11 heavy (non-hydrogen) atoms. The first kappa shape index (κ1) is 8.89. The van der Waals surface area contributed by atoms with Crippen molar-refractivity contribution in [2.24, 2.45) is 0 Å². The Kier molecular flexibility index (Phi) is 2.80. The molecule has 0 aromatic heterocycles. The van der Waals surface area contributed by atoms with Gasteiger partial charge in [0.05, 0.1) is 6.61 Å². The fraction of sp³-hybridized carbons (Fsp3) is 1.00. The van der Waals surface area contributed by atoms with E-state index in [1.807, 2.05) is 0 Å². The summed E-state index contributed by atoms with van der Waals surface area (Å²) >= 11 is 0. The Balaban J connectivity index is 2.53. The van der Waals surface area contributed by atoms with Crippen LogP contribution in [0.5, 0.6) is 0 Å². The molecule has 1 saturated heterocycles. The van der Waals surface area contributed by atoms with Gasteiger partial charge in [-0.2, -0.15) is 0 Å². The maximum Gasteiger partial charge on any atom is 0.186 e. The van der Waals surface area contributed by atoms with Gasteiger partial charge < -0.3 is 24.8 Å². The second-order valence-electron chi connectivity index (χ2n) is 2.44. The minimum atomic E-state index is -1.07. The molecule has 0 saturated carbocycles. The molecule has 1 aliphatic heterocycles. The van der Waals surface area contributed by atoms with E-state index in [1.165, 1.54) is 7.11 Å². The largest absolute Gasteiger partial charge is 0.394 e. The van der Waals surface area contributed by atoms with Gasteiger partial charge in [0.15, 0.2) is 6.29 Å². The van der Waals surface area contributed by atoms with Gasteiger partial charge in [0.25, 0.3) is 0 Å². The maximum absolute atomic E-state index is 9.15. The van der Waals surface area contributed by atoms with Crippen molar-refractivity contribution in [1.82, 2.24) is 0 Å². The van der Waals surface area contributed by atoms with Gasteiger partial charge in [-0.1, -0.05) is 0 Å². The third-order valence-corrected chi connectivity index (χ3v) is 1.73. The molecule has 1 aliphatic rings. The molecule has 0 amide bonds. The summed E-state index contributed by atoms with van der Waals surface area (Å²) < 4.78 is 9.59. The van der Waals surface area contributed by atoms with Crippen LogP contribution in [0.4, 0.5) is 0 Å². The van der Waals surface area contributed by atoms with Crippen molar-refractivity contribution in [3.63, 3.8) is 0 Å². The number of methoxy groups -OCH3 is 1. The Morgan fingerprint density at radius 3 is 2.27 bits per heavy atom. The van der Waals surface area contributed by atoms with Crippen LogP contribution < -0.4 is 0 Å². The van der Waals surface area contributed by atoms with Gasteiger partial charge >= 0.3 is 0 Å². The molecule has 1 rings (SSSR count). The van der Waals surface area contributed by atoms with Gasteiger partial charge in [-0.05, 0) is 0 Å². The van der Waals surface area contributed by atoms with Crippen LogP contribution in [0.1, 0.15) is 0 Å². The molecule has 4 atom stereocenters. The number of hydrogen-bond donors (Lipinski definition) is 3. The minimum Gasteiger partial charge on any atom is -0.394 e. The van der Waals surface area contributed by atoms with Crippen molar-refractivity contribution in [1.29, 1.82) is 0 Å². The molecule has 0 aromatic rings. The van der Waals surface area contributed by atoms with E-state index in [1.54, 1.807) is 0 Å². The lowest BCUT2D eigenvalue weighted by Crippen LogP contribution is -2.34. The highest BCUT2D eigenvalue weighted by molar-refractivity contribution is 4.85. The number of ether oxygens (including phenoxy) is 2. The molecular formula is C6H12O5. The van der Waals surface area contributed by atoms with Crippen LogP contribution in [-0.2, 0) is 9.47 Å². The van der Waals surface area contributed by atoms with E-state index < -0.39 is 24.6 Å². The average Bonchev–Trinajstić information content (AvgIpc) is 2.30. The lowest BCUT2D eigenvalue weighted by atomic mass is 10.1. The number of aliphatic hydroxyl groups excluding tert-OH is 3. The van der Waals surface area contributed by atoms with Crippen LogP contribution in [0.15, 0.2) is 0 Å². The molecule has 0 bridgehead atoms. The van der Waals surface area contributed by atoms with Crippen molar-refractivity contribution in [3.8, 4) is 0 Å². The van der Waals surface area contributed by atoms with E-state index in [4.69, 9.17) is 20.1 Å². The predicted molar refractivity (Wildman–Crippen MR) is 34.8 cm³/mol. The first-order valence-corrected chi connectivity index (χ1v) is 3.36. The summed E-state index contributed by atoms with van der Waals surface area (Å²) in [5.74, 6) is 0. The van der Waals surface area contributed by atoms with Crippen LogP contribution in [-0.4, -0.2) is 53.6 Å². The normalized spacial score (nSPS) is 44.7. The van der Waals surface area contributed by atoms with Crippen molar-refractivity contribution in [2.45, 2.75) is 24.6 Å². The molecule has 1 heterocycles. The van der Waals surface area contributed by atoms with E-state index in [9.17, 15) is 0 Å². The molecule has 0 aromatic carbocycles. The van der Waals surface area contributed by atoms with E-state index in [0.717, 1.165) is 0 Å². The van der Waals surface area contributed by atoms with Crippen molar-refractivity contribution in [2.75, 3.05) is 13.7 Å². The van der Waals surface area contributed by atoms with E-state index in [-0.39, 0.29) is 6.61 Å². The standard InChI is InChI=1S/C6H12O5/c1-10-6-5(9)4(8)3(2-7)11-6/h3-9H,2H2,1H3/t3-,4-,5?,6-/m1/s1. The number of hydrogen-bond acceptors (Lipinski definition) is 5. The van der Waals surface area contributed by atoms with Gasteiger partial charge in [-0.15, -0.1) is 0 Å². The molecule has 0 radical (unpaired) electrons. The Bertz CT molecular complexity index is 110. The van der Waals surface area contributed by atoms with Gasteiger partial charge in [0.2, 0.25) is 0 Å². The van der Waals surface area contributed by atoms with Crippen molar-refractivity contribution < 1.29 is 24.8 Å².